The number of aliphatic carboxylic acids is 1. The van der Waals surface area contributed by atoms with Gasteiger partial charge in [0.2, 0.25) is 17.7 Å². The lowest BCUT2D eigenvalue weighted by Gasteiger charge is -2.24. The van der Waals surface area contributed by atoms with E-state index < -0.39 is 54.5 Å². The Morgan fingerprint density at radius 1 is 1.00 bits per heavy atom. The molecule has 0 heterocycles. The summed E-state index contributed by atoms with van der Waals surface area (Å²) in [4.78, 5) is 52.1. The van der Waals surface area contributed by atoms with Crippen LogP contribution in [0.1, 0.15) is 26.2 Å². The summed E-state index contributed by atoms with van der Waals surface area (Å²) in [5.74, 6) is -2.87. The predicted octanol–water partition coefficient (Wildman–Crippen LogP) is -3.33. The van der Waals surface area contributed by atoms with Crippen LogP contribution in [0.25, 0.3) is 0 Å². The van der Waals surface area contributed by atoms with Crippen LogP contribution in [-0.4, -0.2) is 89.2 Å². The Hall–Kier alpha value is -2.58. The first kappa shape index (κ1) is 28.4. The van der Waals surface area contributed by atoms with Crippen LogP contribution >= 0.6 is 11.8 Å². The second kappa shape index (κ2) is 15.3. The molecule has 0 radical (unpaired) electrons. The Morgan fingerprint density at radius 2 is 1.55 bits per heavy atom. The highest BCUT2D eigenvalue weighted by molar-refractivity contribution is 7.98. The minimum Gasteiger partial charge on any atom is -0.480 e. The molecule has 14 heteroatoms. The Bertz CT molecular complexity index is 644. The van der Waals surface area contributed by atoms with Gasteiger partial charge in [-0.15, -0.1) is 0 Å². The molecule has 0 aromatic carbocycles. The molecule has 0 aromatic rings. The maximum Gasteiger partial charge on any atom is 0.325 e. The van der Waals surface area contributed by atoms with Gasteiger partial charge in [-0.3, -0.25) is 24.2 Å². The molecule has 11 N–H and O–H groups in total. The molecule has 4 unspecified atom stereocenters. The Morgan fingerprint density at radius 3 is 2.06 bits per heavy atom. The molecule has 0 rings (SSSR count). The molecule has 4 atom stereocenters. The molecule has 0 saturated carbocycles. The average molecular weight is 464 g/mol. The SMILES string of the molecule is CSCCC(NC(=O)C(N)CO)C(=O)NC(CCCN=C(N)N)C(=O)NC(C)C(=O)O. The summed E-state index contributed by atoms with van der Waals surface area (Å²) in [6.07, 6.45) is 2.53. The molecule has 0 fully saturated rings. The van der Waals surface area contributed by atoms with E-state index in [1.54, 1.807) is 0 Å². The van der Waals surface area contributed by atoms with Crippen LogP contribution in [0.4, 0.5) is 0 Å². The van der Waals surface area contributed by atoms with Crippen molar-refractivity contribution in [3.8, 4) is 0 Å². The standard InChI is InChI=1S/C17H33N7O6S/c1-9(16(29)30)22-14(27)11(4-3-6-21-17(19)20)24-15(28)12(5-7-31-2)23-13(26)10(18)8-25/h9-12,25H,3-8,18H2,1-2H3,(H,22,27)(H,23,26)(H,24,28)(H,29,30)(H4,19,20,21). The van der Waals surface area contributed by atoms with Crippen LogP contribution in [0.2, 0.25) is 0 Å². The number of hydrogen-bond acceptors (Lipinski definition) is 8. The van der Waals surface area contributed by atoms with E-state index in [2.05, 4.69) is 20.9 Å². The fourth-order valence-corrected chi connectivity index (χ4v) is 2.76. The summed E-state index contributed by atoms with van der Waals surface area (Å²) >= 11 is 1.45. The number of aliphatic hydroxyl groups excluding tert-OH is 1. The van der Waals surface area contributed by atoms with E-state index >= 15 is 0 Å². The van der Waals surface area contributed by atoms with E-state index in [1.165, 1.54) is 18.7 Å². The topological polar surface area (TPSA) is 235 Å². The molecule has 178 valence electrons. The normalized spacial score (nSPS) is 14.5. The van der Waals surface area contributed by atoms with Crippen molar-refractivity contribution in [1.29, 1.82) is 0 Å². The van der Waals surface area contributed by atoms with E-state index in [0.717, 1.165) is 0 Å². The summed E-state index contributed by atoms with van der Waals surface area (Å²) in [6.45, 7) is 0.899. The van der Waals surface area contributed by atoms with Crippen LogP contribution in [0, 0.1) is 0 Å². The number of nitrogens with zero attached hydrogens (tertiary/aromatic N) is 1. The summed E-state index contributed by atoms with van der Waals surface area (Å²) in [5, 5.41) is 25.3. The van der Waals surface area contributed by atoms with Gasteiger partial charge in [0.25, 0.3) is 0 Å². The number of nitrogens with two attached hydrogens (primary N) is 3. The molecule has 0 aliphatic carbocycles. The molecule has 31 heavy (non-hydrogen) atoms. The molecule has 3 amide bonds. The second-order valence-electron chi connectivity index (χ2n) is 6.71. The summed E-state index contributed by atoms with van der Waals surface area (Å²) in [6, 6.07) is -4.44. The highest BCUT2D eigenvalue weighted by atomic mass is 32.2. The van der Waals surface area contributed by atoms with Crippen LogP contribution in [0.3, 0.4) is 0 Å². The van der Waals surface area contributed by atoms with Crippen LogP contribution in [0.5, 0.6) is 0 Å². The van der Waals surface area contributed by atoms with Gasteiger partial charge in [0.15, 0.2) is 5.96 Å². The summed E-state index contributed by atoms with van der Waals surface area (Å²) < 4.78 is 0. The number of guanidine groups is 1. The average Bonchev–Trinajstić information content (AvgIpc) is 2.71. The summed E-state index contributed by atoms with van der Waals surface area (Å²) in [5.41, 5.74) is 16.0. The van der Waals surface area contributed by atoms with Crippen molar-refractivity contribution in [3.63, 3.8) is 0 Å². The highest BCUT2D eigenvalue weighted by Gasteiger charge is 2.28. The quantitative estimate of drug-likeness (QED) is 0.0683. The first-order chi connectivity index (χ1) is 14.5. The van der Waals surface area contributed by atoms with E-state index in [1.807, 2.05) is 6.26 Å². The molecular formula is C17H33N7O6S. The zero-order valence-corrected chi connectivity index (χ0v) is 18.5. The van der Waals surface area contributed by atoms with Crippen LogP contribution in [-0.2, 0) is 19.2 Å². The van der Waals surface area contributed by atoms with Crippen molar-refractivity contribution < 1.29 is 29.4 Å². The Balaban J connectivity index is 5.33. The lowest BCUT2D eigenvalue weighted by atomic mass is 10.1. The first-order valence-corrected chi connectivity index (χ1v) is 11.0. The number of carbonyl (C=O) groups is 4. The number of hydrogen-bond donors (Lipinski definition) is 8. The van der Waals surface area contributed by atoms with Crippen LogP contribution < -0.4 is 33.2 Å². The van der Waals surface area contributed by atoms with Crippen molar-refractivity contribution in [2.45, 2.75) is 50.4 Å². The van der Waals surface area contributed by atoms with Gasteiger partial charge < -0.3 is 43.4 Å². The van der Waals surface area contributed by atoms with Crippen molar-refractivity contribution in [2.75, 3.05) is 25.2 Å². The molecule has 0 aliphatic heterocycles. The zero-order chi connectivity index (χ0) is 24.0. The molecule has 13 nitrogen and oxygen atoms in total. The predicted molar refractivity (Wildman–Crippen MR) is 117 cm³/mol. The monoisotopic (exact) mass is 463 g/mol. The van der Waals surface area contributed by atoms with Gasteiger partial charge in [0.1, 0.15) is 24.2 Å². The van der Waals surface area contributed by atoms with E-state index in [4.69, 9.17) is 27.4 Å². The molecule has 0 saturated heterocycles. The van der Waals surface area contributed by atoms with Gasteiger partial charge in [0.05, 0.1) is 6.61 Å². The third-order valence-corrected chi connectivity index (χ3v) is 4.73. The van der Waals surface area contributed by atoms with Gasteiger partial charge in [-0.1, -0.05) is 0 Å². The molecule has 0 bridgehead atoms. The molecule has 0 aromatic heterocycles. The maximum atomic E-state index is 12.8. The number of carbonyl (C=O) groups excluding carboxylic acids is 3. The number of aliphatic imine (C=N–C) groups is 1. The Labute approximate surface area is 185 Å². The number of carboxylic acids is 1. The summed E-state index contributed by atoms with van der Waals surface area (Å²) in [7, 11) is 0. The maximum absolute atomic E-state index is 12.8. The van der Waals surface area contributed by atoms with Crippen molar-refractivity contribution >= 4 is 41.4 Å². The van der Waals surface area contributed by atoms with Crippen molar-refractivity contribution in [2.24, 2.45) is 22.2 Å². The van der Waals surface area contributed by atoms with Gasteiger partial charge in [0, 0.05) is 6.54 Å². The third kappa shape index (κ3) is 12.0. The number of aliphatic hydroxyl groups is 1. The number of nitrogens with one attached hydrogen (secondary N) is 3. The van der Waals surface area contributed by atoms with Crippen molar-refractivity contribution in [1.82, 2.24) is 16.0 Å². The molecular weight excluding hydrogens is 430 g/mol. The third-order valence-electron chi connectivity index (χ3n) is 4.08. The highest BCUT2D eigenvalue weighted by Crippen LogP contribution is 2.05. The van der Waals surface area contributed by atoms with Crippen molar-refractivity contribution in [3.05, 3.63) is 0 Å². The van der Waals surface area contributed by atoms with Gasteiger partial charge in [-0.05, 0) is 38.2 Å². The van der Waals surface area contributed by atoms with Gasteiger partial charge in [-0.2, -0.15) is 11.8 Å². The lowest BCUT2D eigenvalue weighted by molar-refractivity contribution is -0.141. The van der Waals surface area contributed by atoms with E-state index in [9.17, 15) is 19.2 Å². The smallest absolute Gasteiger partial charge is 0.325 e. The van der Waals surface area contributed by atoms with E-state index in [-0.39, 0.29) is 25.3 Å². The second-order valence-corrected chi connectivity index (χ2v) is 7.70. The fraction of sp³-hybridized carbons (Fsp3) is 0.706. The molecule has 0 spiro atoms. The van der Waals surface area contributed by atoms with Gasteiger partial charge in [-0.25, -0.2) is 0 Å². The number of carboxylic acid groups (broad SMARTS) is 1. The van der Waals surface area contributed by atoms with E-state index in [0.29, 0.717) is 12.2 Å². The van der Waals surface area contributed by atoms with Crippen LogP contribution in [0.15, 0.2) is 4.99 Å². The minimum absolute atomic E-state index is 0.121. The zero-order valence-electron chi connectivity index (χ0n) is 17.7. The first-order valence-electron chi connectivity index (χ1n) is 9.58. The fourth-order valence-electron chi connectivity index (χ4n) is 2.29. The number of amides is 3. The number of rotatable bonds is 15. The van der Waals surface area contributed by atoms with Gasteiger partial charge >= 0.3 is 5.97 Å². The number of thioether (sulfide) groups is 1. The lowest BCUT2D eigenvalue weighted by Crippen LogP contribution is -2.57. The Kier molecular flexibility index (Phi) is 14.0. The molecule has 0 aliphatic rings. The largest absolute Gasteiger partial charge is 0.480 e. The minimum atomic E-state index is -1.23.